The number of nitrogens with zero attached hydrogens (tertiary/aromatic N) is 1. The molecule has 4 heteroatoms. The van der Waals surface area contributed by atoms with Gasteiger partial charge < -0.3 is 5.32 Å². The van der Waals surface area contributed by atoms with Gasteiger partial charge in [0.05, 0.1) is 0 Å². The highest BCUT2D eigenvalue weighted by atomic mass is 32.1. The lowest BCUT2D eigenvalue weighted by Crippen LogP contribution is -2.14. The van der Waals surface area contributed by atoms with Gasteiger partial charge in [-0.25, -0.2) is 4.98 Å². The molecular weight excluding hydrogens is 268 g/mol. The number of carbonyl (C=O) groups excluding carboxylic acids is 1. The van der Waals surface area contributed by atoms with Crippen LogP contribution in [0.5, 0.6) is 0 Å². The molecule has 1 amide bonds. The molecule has 0 spiro atoms. The van der Waals surface area contributed by atoms with Crippen molar-refractivity contribution in [3.8, 4) is 0 Å². The molecule has 2 aromatic rings. The van der Waals surface area contributed by atoms with Gasteiger partial charge >= 0.3 is 0 Å². The zero-order chi connectivity index (χ0) is 15.0. The lowest BCUT2D eigenvalue weighted by molar-refractivity contribution is -0.105. The summed E-state index contributed by atoms with van der Waals surface area (Å²) in [5.74, 6) is 0. The lowest BCUT2D eigenvalue weighted by Gasteiger charge is -2.23. The van der Waals surface area contributed by atoms with Crippen molar-refractivity contribution in [2.24, 2.45) is 0 Å². The Balaban J connectivity index is 0.000000217. The van der Waals surface area contributed by atoms with Crippen molar-refractivity contribution in [3.05, 3.63) is 47.0 Å². The van der Waals surface area contributed by atoms with E-state index >= 15 is 0 Å². The quantitative estimate of drug-likeness (QED) is 0.848. The second-order valence-corrected chi connectivity index (χ2v) is 6.10. The van der Waals surface area contributed by atoms with Gasteiger partial charge in [-0.2, -0.15) is 0 Å². The fraction of sp³-hybridized carbons (Fsp3) is 0.375. The predicted octanol–water partition coefficient (Wildman–Crippen LogP) is 4.39. The van der Waals surface area contributed by atoms with Gasteiger partial charge in [0, 0.05) is 11.6 Å². The third-order valence-electron chi connectivity index (χ3n) is 3.33. The van der Waals surface area contributed by atoms with E-state index in [1.807, 2.05) is 0 Å². The maximum absolute atomic E-state index is 9.73. The highest BCUT2D eigenvalue weighted by Gasteiger charge is 2.16. The molecule has 0 aliphatic heterocycles. The van der Waals surface area contributed by atoms with Crippen LogP contribution in [0.25, 0.3) is 0 Å². The Labute approximate surface area is 125 Å². The van der Waals surface area contributed by atoms with Gasteiger partial charge in [0.1, 0.15) is 0 Å². The van der Waals surface area contributed by atoms with Crippen LogP contribution in [0.15, 0.2) is 35.8 Å². The summed E-state index contributed by atoms with van der Waals surface area (Å²) in [4.78, 5) is 13.5. The van der Waals surface area contributed by atoms with Crippen molar-refractivity contribution in [2.45, 2.75) is 39.5 Å². The van der Waals surface area contributed by atoms with Crippen LogP contribution in [0.2, 0.25) is 0 Å². The Hall–Kier alpha value is -1.68. The summed E-state index contributed by atoms with van der Waals surface area (Å²) in [6, 6.07) is 8.84. The molecule has 0 unspecified atom stereocenters. The van der Waals surface area contributed by atoms with Gasteiger partial charge in [-0.1, -0.05) is 50.6 Å². The van der Waals surface area contributed by atoms with Gasteiger partial charge in [0.2, 0.25) is 6.41 Å². The molecule has 108 valence electrons. The minimum atomic E-state index is 0.327. The number of aromatic nitrogens is 1. The molecule has 1 aromatic carbocycles. The Bertz CT molecular complexity index is 504. The van der Waals surface area contributed by atoms with Crippen LogP contribution in [0, 0.1) is 6.92 Å². The number of rotatable bonds is 4. The number of carbonyl (C=O) groups is 1. The molecule has 1 N–H and O–H groups in total. The molecule has 0 radical (unpaired) electrons. The standard InChI is InChI=1S/C12H18.C4H4N2OS/c1-5-12(3,4)11-8-6-10(2)7-9-11;7-3-6-4-5-1-2-8-4/h6-9H,5H2,1-4H3;1-3H,(H,5,6,7). The summed E-state index contributed by atoms with van der Waals surface area (Å²) >= 11 is 1.39. The van der Waals surface area contributed by atoms with Gasteiger partial charge in [0.25, 0.3) is 0 Å². The molecule has 0 atom stereocenters. The second-order valence-electron chi connectivity index (χ2n) is 5.20. The molecular formula is C16H22N2OS. The zero-order valence-electron chi connectivity index (χ0n) is 12.5. The predicted molar refractivity (Wildman–Crippen MR) is 86.3 cm³/mol. The largest absolute Gasteiger partial charge is 0.305 e. The molecule has 0 saturated carbocycles. The fourth-order valence-corrected chi connectivity index (χ4v) is 2.04. The molecule has 20 heavy (non-hydrogen) atoms. The summed E-state index contributed by atoms with van der Waals surface area (Å²) < 4.78 is 0. The van der Waals surface area contributed by atoms with Crippen LogP contribution in [-0.4, -0.2) is 11.4 Å². The van der Waals surface area contributed by atoms with E-state index in [2.05, 4.69) is 62.3 Å². The normalized spacial score (nSPS) is 10.4. The minimum Gasteiger partial charge on any atom is -0.305 e. The van der Waals surface area contributed by atoms with Crippen LogP contribution in [0.3, 0.4) is 0 Å². The highest BCUT2D eigenvalue weighted by Crippen LogP contribution is 2.26. The van der Waals surface area contributed by atoms with Crippen molar-refractivity contribution in [3.63, 3.8) is 0 Å². The fourth-order valence-electron chi connectivity index (χ4n) is 1.55. The van der Waals surface area contributed by atoms with Crippen LogP contribution < -0.4 is 5.32 Å². The first-order chi connectivity index (χ1) is 9.49. The van der Waals surface area contributed by atoms with Crippen LogP contribution >= 0.6 is 11.3 Å². The van der Waals surface area contributed by atoms with Gasteiger partial charge in [-0.05, 0) is 24.3 Å². The maximum Gasteiger partial charge on any atom is 0.213 e. The molecule has 1 heterocycles. The number of benzene rings is 1. The molecule has 0 fully saturated rings. The summed E-state index contributed by atoms with van der Waals surface area (Å²) in [5, 5.41) is 4.85. The average Bonchev–Trinajstić information content (AvgIpc) is 2.93. The summed E-state index contributed by atoms with van der Waals surface area (Å²) in [6.45, 7) is 8.94. The monoisotopic (exact) mass is 290 g/mol. The van der Waals surface area contributed by atoms with Crippen molar-refractivity contribution in [2.75, 3.05) is 5.32 Å². The summed E-state index contributed by atoms with van der Waals surface area (Å²) in [7, 11) is 0. The van der Waals surface area contributed by atoms with Crippen LogP contribution in [0.1, 0.15) is 38.3 Å². The lowest BCUT2D eigenvalue weighted by atomic mass is 9.82. The third-order valence-corrected chi connectivity index (χ3v) is 4.04. The molecule has 0 saturated heterocycles. The van der Waals surface area contributed by atoms with E-state index in [-0.39, 0.29) is 0 Å². The number of hydrogen-bond donors (Lipinski definition) is 1. The van der Waals surface area contributed by atoms with Crippen molar-refractivity contribution >= 4 is 22.9 Å². The van der Waals surface area contributed by atoms with E-state index in [4.69, 9.17) is 0 Å². The Morgan fingerprint density at radius 1 is 1.30 bits per heavy atom. The smallest absolute Gasteiger partial charge is 0.213 e. The number of hydrogen-bond acceptors (Lipinski definition) is 3. The van der Waals surface area contributed by atoms with Crippen molar-refractivity contribution in [1.29, 1.82) is 0 Å². The van der Waals surface area contributed by atoms with E-state index in [9.17, 15) is 4.79 Å². The first-order valence-electron chi connectivity index (χ1n) is 6.66. The van der Waals surface area contributed by atoms with Crippen molar-refractivity contribution in [1.82, 2.24) is 4.98 Å². The van der Waals surface area contributed by atoms with Gasteiger partial charge in [-0.15, -0.1) is 11.3 Å². The topological polar surface area (TPSA) is 42.0 Å². The number of nitrogens with one attached hydrogen (secondary N) is 1. The molecule has 0 aliphatic rings. The van der Waals surface area contributed by atoms with Crippen molar-refractivity contribution < 1.29 is 4.79 Å². The van der Waals surface area contributed by atoms with Gasteiger partial charge in [-0.3, -0.25) is 4.79 Å². The Morgan fingerprint density at radius 2 is 1.95 bits per heavy atom. The summed E-state index contributed by atoms with van der Waals surface area (Å²) in [5.41, 5.74) is 3.11. The van der Waals surface area contributed by atoms with E-state index < -0.39 is 0 Å². The molecule has 0 aliphatic carbocycles. The minimum absolute atomic E-state index is 0.327. The van der Waals surface area contributed by atoms with E-state index in [1.54, 1.807) is 11.6 Å². The summed E-state index contributed by atoms with van der Waals surface area (Å²) in [6.07, 6.45) is 3.44. The van der Waals surface area contributed by atoms with E-state index in [1.165, 1.54) is 28.9 Å². The number of anilines is 1. The zero-order valence-corrected chi connectivity index (χ0v) is 13.3. The van der Waals surface area contributed by atoms with Crippen LogP contribution in [0.4, 0.5) is 5.13 Å². The molecule has 2 rings (SSSR count). The number of thiazole rings is 1. The highest BCUT2D eigenvalue weighted by molar-refractivity contribution is 7.13. The average molecular weight is 290 g/mol. The Morgan fingerprint density at radius 3 is 2.40 bits per heavy atom. The van der Waals surface area contributed by atoms with E-state index in [0.29, 0.717) is 17.0 Å². The number of amides is 1. The van der Waals surface area contributed by atoms with Gasteiger partial charge in [0.15, 0.2) is 5.13 Å². The van der Waals surface area contributed by atoms with E-state index in [0.717, 1.165) is 0 Å². The maximum atomic E-state index is 9.73. The molecule has 1 aromatic heterocycles. The third kappa shape index (κ3) is 5.13. The molecule has 3 nitrogen and oxygen atoms in total. The first kappa shape index (κ1) is 16.4. The second kappa shape index (κ2) is 7.80. The SMILES string of the molecule is CCC(C)(C)c1ccc(C)cc1.O=CNc1nccs1. The first-order valence-corrected chi connectivity index (χ1v) is 7.54. The van der Waals surface area contributed by atoms with Crippen LogP contribution in [-0.2, 0) is 10.2 Å². The number of aryl methyl sites for hydroxylation is 1. The Kier molecular flexibility index (Phi) is 6.39. The molecule has 0 bridgehead atoms.